The van der Waals surface area contributed by atoms with E-state index in [9.17, 15) is 13.6 Å². The maximum absolute atomic E-state index is 12.4. The number of benzene rings is 1. The van der Waals surface area contributed by atoms with Gasteiger partial charge in [-0.05, 0) is 31.0 Å². The number of ether oxygens (including phenoxy) is 1. The predicted molar refractivity (Wildman–Crippen MR) is 103 cm³/mol. The number of carbonyl (C=O) groups is 1. The van der Waals surface area contributed by atoms with Gasteiger partial charge < -0.3 is 20.7 Å². The van der Waals surface area contributed by atoms with Crippen molar-refractivity contribution < 1.29 is 18.3 Å². The van der Waals surface area contributed by atoms with Crippen LogP contribution in [0.3, 0.4) is 0 Å². The van der Waals surface area contributed by atoms with Crippen LogP contribution in [-0.4, -0.2) is 42.1 Å². The molecule has 2 aromatic rings. The minimum Gasteiger partial charge on any atom is -0.379 e. The molecular weight excluding hydrogens is 392 g/mol. The fourth-order valence-electron chi connectivity index (χ4n) is 3.10. The second-order valence-corrected chi connectivity index (χ2v) is 6.80. The third kappa shape index (κ3) is 4.66. The van der Waals surface area contributed by atoms with Gasteiger partial charge >= 0.3 is 6.43 Å². The number of nitrogens with zero attached hydrogens (tertiary/aromatic N) is 3. The van der Waals surface area contributed by atoms with Gasteiger partial charge in [-0.25, -0.2) is 4.98 Å². The number of halogens is 3. The molecule has 0 radical (unpaired) electrons. The summed E-state index contributed by atoms with van der Waals surface area (Å²) >= 11 is 6.42. The molecule has 1 aromatic carbocycles. The van der Waals surface area contributed by atoms with Crippen molar-refractivity contribution in [1.29, 1.82) is 0 Å². The number of amides is 1. The summed E-state index contributed by atoms with van der Waals surface area (Å²) in [5, 5.41) is 2.45. The largest absolute Gasteiger partial charge is 0.379 e. The number of anilines is 3. The SMILES string of the molecule is Cc1cc(N2CCCOCC2c2ccc(NC(=O)C(F)F)cc2Cl)nc(N)n1. The van der Waals surface area contributed by atoms with Crippen LogP contribution in [0.2, 0.25) is 5.02 Å². The second kappa shape index (κ2) is 8.66. The molecule has 0 spiro atoms. The number of alkyl halides is 2. The molecule has 1 unspecified atom stereocenters. The van der Waals surface area contributed by atoms with E-state index in [1.54, 1.807) is 6.07 Å². The van der Waals surface area contributed by atoms with Crippen molar-refractivity contribution in [1.82, 2.24) is 9.97 Å². The van der Waals surface area contributed by atoms with Crippen LogP contribution >= 0.6 is 11.6 Å². The lowest BCUT2D eigenvalue weighted by molar-refractivity contribution is -0.126. The first-order valence-electron chi connectivity index (χ1n) is 8.69. The van der Waals surface area contributed by atoms with Gasteiger partial charge in [-0.2, -0.15) is 13.8 Å². The summed E-state index contributed by atoms with van der Waals surface area (Å²) in [6.07, 6.45) is -2.31. The zero-order valence-corrected chi connectivity index (χ0v) is 15.9. The highest BCUT2D eigenvalue weighted by Crippen LogP contribution is 2.34. The Morgan fingerprint density at radius 1 is 1.39 bits per heavy atom. The van der Waals surface area contributed by atoms with Gasteiger partial charge in [0.1, 0.15) is 5.82 Å². The fourth-order valence-corrected chi connectivity index (χ4v) is 3.41. The molecule has 10 heteroatoms. The van der Waals surface area contributed by atoms with Crippen molar-refractivity contribution in [2.75, 3.05) is 35.7 Å². The van der Waals surface area contributed by atoms with E-state index in [-0.39, 0.29) is 17.7 Å². The molecule has 28 heavy (non-hydrogen) atoms. The summed E-state index contributed by atoms with van der Waals surface area (Å²) < 4.78 is 30.6. The van der Waals surface area contributed by atoms with Gasteiger partial charge in [-0.1, -0.05) is 17.7 Å². The molecular formula is C18H20ClF2N5O2. The summed E-state index contributed by atoms with van der Waals surface area (Å²) in [5.74, 6) is -0.545. The average Bonchev–Trinajstić information content (AvgIpc) is 2.87. The van der Waals surface area contributed by atoms with E-state index in [1.807, 2.05) is 17.9 Å². The molecule has 150 valence electrons. The molecule has 1 saturated heterocycles. The summed E-state index contributed by atoms with van der Waals surface area (Å²) in [6.45, 7) is 3.46. The van der Waals surface area contributed by atoms with E-state index in [2.05, 4.69) is 15.3 Å². The maximum atomic E-state index is 12.4. The van der Waals surface area contributed by atoms with Gasteiger partial charge in [0.25, 0.3) is 5.91 Å². The van der Waals surface area contributed by atoms with Crippen molar-refractivity contribution in [3.8, 4) is 0 Å². The van der Waals surface area contributed by atoms with Crippen LogP contribution in [0.15, 0.2) is 24.3 Å². The molecule has 2 heterocycles. The maximum Gasteiger partial charge on any atom is 0.315 e. The highest BCUT2D eigenvalue weighted by molar-refractivity contribution is 6.31. The quantitative estimate of drug-likeness (QED) is 0.802. The zero-order chi connectivity index (χ0) is 20.3. The van der Waals surface area contributed by atoms with Gasteiger partial charge in [-0.3, -0.25) is 4.79 Å². The summed E-state index contributed by atoms with van der Waals surface area (Å²) in [6, 6.07) is 6.24. The third-order valence-electron chi connectivity index (χ3n) is 4.32. The topological polar surface area (TPSA) is 93.4 Å². The van der Waals surface area contributed by atoms with E-state index < -0.39 is 12.3 Å². The summed E-state index contributed by atoms with van der Waals surface area (Å²) in [7, 11) is 0. The Bertz CT molecular complexity index is 848. The predicted octanol–water partition coefficient (Wildman–Crippen LogP) is 3.19. The van der Waals surface area contributed by atoms with Crippen LogP contribution in [0.1, 0.15) is 23.7 Å². The smallest absolute Gasteiger partial charge is 0.315 e. The van der Waals surface area contributed by atoms with Gasteiger partial charge in [0.15, 0.2) is 0 Å². The third-order valence-corrected chi connectivity index (χ3v) is 4.64. The molecule has 1 atom stereocenters. The molecule has 1 aliphatic heterocycles. The van der Waals surface area contributed by atoms with Crippen molar-refractivity contribution in [2.24, 2.45) is 0 Å². The van der Waals surface area contributed by atoms with Crippen LogP contribution in [0, 0.1) is 6.92 Å². The van der Waals surface area contributed by atoms with Gasteiger partial charge in [-0.15, -0.1) is 0 Å². The Hall–Kier alpha value is -2.52. The van der Waals surface area contributed by atoms with Crippen molar-refractivity contribution in [2.45, 2.75) is 25.8 Å². The van der Waals surface area contributed by atoms with Gasteiger partial charge in [0, 0.05) is 35.6 Å². The number of carbonyl (C=O) groups excluding carboxylic acids is 1. The second-order valence-electron chi connectivity index (χ2n) is 6.39. The van der Waals surface area contributed by atoms with Crippen LogP contribution in [0.25, 0.3) is 0 Å². The van der Waals surface area contributed by atoms with Gasteiger partial charge in [0.2, 0.25) is 5.95 Å². The highest BCUT2D eigenvalue weighted by Gasteiger charge is 2.27. The fraction of sp³-hybridized carbons (Fsp3) is 0.389. The first-order valence-corrected chi connectivity index (χ1v) is 9.07. The average molecular weight is 412 g/mol. The monoisotopic (exact) mass is 411 g/mol. The Kier molecular flexibility index (Phi) is 6.25. The number of aromatic nitrogens is 2. The number of aryl methyl sites for hydroxylation is 1. The van der Waals surface area contributed by atoms with Crippen LogP contribution in [-0.2, 0) is 9.53 Å². The van der Waals surface area contributed by atoms with E-state index in [0.717, 1.165) is 17.7 Å². The van der Waals surface area contributed by atoms with E-state index >= 15 is 0 Å². The van der Waals surface area contributed by atoms with Crippen molar-refractivity contribution in [3.63, 3.8) is 0 Å². The van der Waals surface area contributed by atoms with Crippen molar-refractivity contribution in [3.05, 3.63) is 40.5 Å². The standard InChI is InChI=1S/C18H20ClF2N5O2/c1-10-7-15(25-18(22)23-10)26-5-2-6-28-9-14(26)12-4-3-11(8-13(12)19)24-17(27)16(20)21/h3-4,7-8,14,16H,2,5-6,9H2,1H3,(H,24,27)(H2,22,23,25). The van der Waals surface area contributed by atoms with Crippen LogP contribution in [0.5, 0.6) is 0 Å². The molecule has 1 aromatic heterocycles. The first-order chi connectivity index (χ1) is 13.3. The van der Waals surface area contributed by atoms with E-state index in [4.69, 9.17) is 22.1 Å². The Balaban J connectivity index is 1.93. The molecule has 3 N–H and O–H groups in total. The van der Waals surface area contributed by atoms with Crippen LogP contribution < -0.4 is 16.0 Å². The lowest BCUT2D eigenvalue weighted by Gasteiger charge is -2.31. The lowest BCUT2D eigenvalue weighted by Crippen LogP contribution is -2.32. The number of nitrogens with two attached hydrogens (primary N) is 1. The number of hydrogen-bond acceptors (Lipinski definition) is 6. The minimum atomic E-state index is -3.10. The molecule has 1 fully saturated rings. The summed E-state index contributed by atoms with van der Waals surface area (Å²) in [4.78, 5) is 21.7. The van der Waals surface area contributed by atoms with Crippen LogP contribution in [0.4, 0.5) is 26.2 Å². The van der Waals surface area contributed by atoms with Crippen molar-refractivity contribution >= 4 is 35.0 Å². The highest BCUT2D eigenvalue weighted by atomic mass is 35.5. The minimum absolute atomic E-state index is 0.176. The molecule has 0 bridgehead atoms. The number of hydrogen-bond donors (Lipinski definition) is 2. The molecule has 0 aliphatic carbocycles. The molecule has 3 rings (SSSR count). The lowest BCUT2D eigenvalue weighted by atomic mass is 10.0. The first kappa shape index (κ1) is 20.2. The number of nitrogen functional groups attached to an aromatic ring is 1. The number of nitrogens with one attached hydrogen (secondary N) is 1. The molecule has 0 saturated carbocycles. The Morgan fingerprint density at radius 2 is 2.18 bits per heavy atom. The summed E-state index contributed by atoms with van der Waals surface area (Å²) in [5.41, 5.74) is 7.47. The van der Waals surface area contributed by atoms with E-state index in [0.29, 0.717) is 30.6 Å². The molecule has 1 amide bonds. The van der Waals surface area contributed by atoms with Gasteiger partial charge in [0.05, 0.1) is 12.6 Å². The zero-order valence-electron chi connectivity index (χ0n) is 15.2. The number of rotatable bonds is 4. The Morgan fingerprint density at radius 3 is 2.86 bits per heavy atom. The normalized spacial score (nSPS) is 17.5. The van der Waals surface area contributed by atoms with E-state index in [1.165, 1.54) is 12.1 Å². The molecule has 7 nitrogen and oxygen atoms in total. The Labute approximate surface area is 165 Å². The molecule has 1 aliphatic rings.